The minimum Gasteiger partial charge on any atom is -0.388 e. The van der Waals surface area contributed by atoms with Crippen LogP contribution in [0.4, 0.5) is 0 Å². The van der Waals surface area contributed by atoms with Crippen molar-refractivity contribution >= 4 is 33.2 Å². The van der Waals surface area contributed by atoms with Gasteiger partial charge in [0.15, 0.2) is 0 Å². The summed E-state index contributed by atoms with van der Waals surface area (Å²) < 4.78 is 0.895. The molecule has 2 rings (SSSR count). The molecule has 2 N–H and O–H groups in total. The first-order valence-electron chi connectivity index (χ1n) is 4.47. The monoisotopic (exact) mass is 291 g/mol. The zero-order chi connectivity index (χ0) is 11.0. The van der Waals surface area contributed by atoms with E-state index in [0.29, 0.717) is 5.56 Å². The van der Waals surface area contributed by atoms with Crippen LogP contribution in [0.5, 0.6) is 0 Å². The number of likely N-dealkylation sites (tertiary alicyclic amines) is 1. The van der Waals surface area contributed by atoms with E-state index in [2.05, 4.69) is 15.9 Å². The van der Waals surface area contributed by atoms with Crippen LogP contribution in [0.25, 0.3) is 0 Å². The zero-order valence-electron chi connectivity index (χ0n) is 7.76. The molecular weight excluding hydrogens is 282 g/mol. The summed E-state index contributed by atoms with van der Waals surface area (Å²) in [6.07, 6.45) is -1.65. The molecular formula is C9H10BrNO3S. The topological polar surface area (TPSA) is 60.8 Å². The average molecular weight is 292 g/mol. The van der Waals surface area contributed by atoms with Crippen LogP contribution in [-0.4, -0.2) is 46.3 Å². The molecule has 1 aliphatic heterocycles. The van der Waals surface area contributed by atoms with E-state index in [0.717, 1.165) is 3.79 Å². The largest absolute Gasteiger partial charge is 0.388 e. The van der Waals surface area contributed by atoms with Gasteiger partial charge in [0, 0.05) is 18.5 Å². The summed E-state index contributed by atoms with van der Waals surface area (Å²) in [6, 6.07) is 1.74. The van der Waals surface area contributed by atoms with Gasteiger partial charge in [-0.2, -0.15) is 0 Å². The number of hydrogen-bond donors (Lipinski definition) is 2. The Hall–Kier alpha value is -0.430. The SMILES string of the molecule is O=C(c1csc(Br)c1)N1C[C@@H](O)[C@@H](O)C1. The molecule has 0 aliphatic carbocycles. The Bertz CT molecular complexity index is 371. The van der Waals surface area contributed by atoms with Gasteiger partial charge in [-0.15, -0.1) is 11.3 Å². The summed E-state index contributed by atoms with van der Waals surface area (Å²) in [5.41, 5.74) is 0.591. The highest BCUT2D eigenvalue weighted by Gasteiger charge is 2.33. The highest BCUT2D eigenvalue weighted by molar-refractivity contribution is 9.11. The van der Waals surface area contributed by atoms with Gasteiger partial charge in [-0.3, -0.25) is 4.79 Å². The predicted octanol–water partition coefficient (Wildman–Crippen LogP) is 0.688. The fourth-order valence-electron chi connectivity index (χ4n) is 1.54. The zero-order valence-corrected chi connectivity index (χ0v) is 10.2. The van der Waals surface area contributed by atoms with E-state index in [-0.39, 0.29) is 19.0 Å². The Labute approximate surface area is 99.3 Å². The van der Waals surface area contributed by atoms with Crippen LogP contribution in [0.3, 0.4) is 0 Å². The number of rotatable bonds is 1. The second-order valence-corrected chi connectivity index (χ2v) is 5.77. The lowest BCUT2D eigenvalue weighted by Crippen LogP contribution is -2.29. The molecule has 1 saturated heterocycles. The van der Waals surface area contributed by atoms with Gasteiger partial charge in [-0.1, -0.05) is 0 Å². The number of β-amino-alcohol motifs (C(OH)–C–C–N with tert-alkyl or cyclic N) is 2. The van der Waals surface area contributed by atoms with Crippen molar-refractivity contribution in [2.75, 3.05) is 13.1 Å². The molecule has 1 amide bonds. The minimum absolute atomic E-state index is 0.146. The molecule has 4 nitrogen and oxygen atoms in total. The summed E-state index contributed by atoms with van der Waals surface area (Å²) in [6.45, 7) is 0.404. The molecule has 1 fully saturated rings. The number of carbonyl (C=O) groups is 1. The van der Waals surface area contributed by atoms with E-state index in [1.54, 1.807) is 11.4 Å². The Morgan fingerprint density at radius 2 is 2.07 bits per heavy atom. The van der Waals surface area contributed by atoms with E-state index in [9.17, 15) is 15.0 Å². The summed E-state index contributed by atoms with van der Waals surface area (Å²) >= 11 is 4.72. The number of aliphatic hydroxyl groups excluding tert-OH is 2. The van der Waals surface area contributed by atoms with Crippen molar-refractivity contribution in [2.45, 2.75) is 12.2 Å². The molecule has 2 atom stereocenters. The molecule has 1 aliphatic rings. The fourth-order valence-corrected chi connectivity index (χ4v) is 2.67. The minimum atomic E-state index is -0.823. The van der Waals surface area contributed by atoms with Crippen LogP contribution < -0.4 is 0 Å². The highest BCUT2D eigenvalue weighted by atomic mass is 79.9. The van der Waals surface area contributed by atoms with E-state index in [1.165, 1.54) is 16.2 Å². The van der Waals surface area contributed by atoms with Crippen molar-refractivity contribution in [3.05, 3.63) is 20.8 Å². The average Bonchev–Trinajstić information content (AvgIpc) is 2.74. The van der Waals surface area contributed by atoms with Gasteiger partial charge in [0.05, 0.1) is 21.6 Å². The lowest BCUT2D eigenvalue weighted by Gasteiger charge is -2.13. The molecule has 0 radical (unpaired) electrons. The molecule has 0 bridgehead atoms. The highest BCUT2D eigenvalue weighted by Crippen LogP contribution is 2.23. The van der Waals surface area contributed by atoms with Gasteiger partial charge in [0.2, 0.25) is 0 Å². The lowest BCUT2D eigenvalue weighted by molar-refractivity contribution is 0.0572. The number of halogens is 1. The smallest absolute Gasteiger partial charge is 0.254 e. The molecule has 82 valence electrons. The summed E-state index contributed by atoms with van der Waals surface area (Å²) in [7, 11) is 0. The van der Waals surface area contributed by atoms with Crippen LogP contribution in [0.1, 0.15) is 10.4 Å². The predicted molar refractivity (Wildman–Crippen MR) is 59.9 cm³/mol. The van der Waals surface area contributed by atoms with Crippen molar-refractivity contribution in [1.82, 2.24) is 4.90 Å². The molecule has 6 heteroatoms. The van der Waals surface area contributed by atoms with Crippen molar-refractivity contribution in [3.63, 3.8) is 0 Å². The first-order chi connectivity index (χ1) is 7.08. The van der Waals surface area contributed by atoms with Gasteiger partial charge in [-0.25, -0.2) is 0 Å². The van der Waals surface area contributed by atoms with Gasteiger partial charge >= 0.3 is 0 Å². The first-order valence-corrected chi connectivity index (χ1v) is 6.14. The molecule has 0 unspecified atom stereocenters. The number of hydrogen-bond acceptors (Lipinski definition) is 4. The lowest BCUT2D eigenvalue weighted by atomic mass is 10.3. The quantitative estimate of drug-likeness (QED) is 0.800. The van der Waals surface area contributed by atoms with Gasteiger partial charge < -0.3 is 15.1 Å². The Balaban J connectivity index is 2.10. The van der Waals surface area contributed by atoms with E-state index in [1.807, 2.05) is 0 Å². The number of carbonyl (C=O) groups excluding carboxylic acids is 1. The van der Waals surface area contributed by atoms with Crippen LogP contribution >= 0.6 is 27.3 Å². The second kappa shape index (κ2) is 4.21. The normalized spacial score (nSPS) is 25.9. The maximum absolute atomic E-state index is 11.8. The Morgan fingerprint density at radius 1 is 1.47 bits per heavy atom. The molecule has 0 spiro atoms. The number of nitrogens with zero attached hydrogens (tertiary/aromatic N) is 1. The Kier molecular flexibility index (Phi) is 3.11. The standard InChI is InChI=1S/C9H10BrNO3S/c10-8-1-5(4-15-8)9(14)11-2-6(12)7(13)3-11/h1,4,6-7,12-13H,2-3H2/t6-,7+. The summed E-state index contributed by atoms with van der Waals surface area (Å²) in [5, 5.41) is 20.4. The molecule has 1 aromatic heterocycles. The third kappa shape index (κ3) is 2.23. The third-order valence-corrected chi connectivity index (χ3v) is 3.87. The molecule has 2 heterocycles. The molecule has 1 aromatic rings. The molecule has 15 heavy (non-hydrogen) atoms. The summed E-state index contributed by atoms with van der Waals surface area (Å²) in [4.78, 5) is 13.3. The van der Waals surface area contributed by atoms with Gasteiger partial charge in [0.1, 0.15) is 0 Å². The second-order valence-electron chi connectivity index (χ2n) is 3.48. The van der Waals surface area contributed by atoms with E-state index < -0.39 is 12.2 Å². The van der Waals surface area contributed by atoms with Crippen molar-refractivity contribution in [1.29, 1.82) is 0 Å². The third-order valence-electron chi connectivity index (χ3n) is 2.36. The molecule has 0 saturated carbocycles. The number of amides is 1. The number of aliphatic hydroxyl groups is 2. The van der Waals surface area contributed by atoms with Crippen LogP contribution in [0.15, 0.2) is 15.2 Å². The van der Waals surface area contributed by atoms with Gasteiger partial charge in [0.25, 0.3) is 5.91 Å². The first kappa shape index (κ1) is 11.1. The van der Waals surface area contributed by atoms with Crippen molar-refractivity contribution < 1.29 is 15.0 Å². The van der Waals surface area contributed by atoms with Crippen LogP contribution in [-0.2, 0) is 0 Å². The number of thiophene rings is 1. The Morgan fingerprint density at radius 3 is 2.53 bits per heavy atom. The molecule has 0 aromatic carbocycles. The van der Waals surface area contributed by atoms with Gasteiger partial charge in [-0.05, 0) is 22.0 Å². The maximum Gasteiger partial charge on any atom is 0.254 e. The van der Waals surface area contributed by atoms with Crippen LogP contribution in [0.2, 0.25) is 0 Å². The van der Waals surface area contributed by atoms with E-state index >= 15 is 0 Å². The fraction of sp³-hybridized carbons (Fsp3) is 0.444. The van der Waals surface area contributed by atoms with Crippen molar-refractivity contribution in [2.24, 2.45) is 0 Å². The van der Waals surface area contributed by atoms with Crippen LogP contribution in [0, 0.1) is 0 Å². The van der Waals surface area contributed by atoms with Crippen molar-refractivity contribution in [3.8, 4) is 0 Å². The summed E-state index contributed by atoms with van der Waals surface area (Å²) in [5.74, 6) is -0.146. The van der Waals surface area contributed by atoms with E-state index in [4.69, 9.17) is 0 Å². The maximum atomic E-state index is 11.8.